The van der Waals surface area contributed by atoms with Crippen LogP contribution in [0.15, 0.2) is 18.3 Å². The molecule has 0 saturated carbocycles. The lowest BCUT2D eigenvalue weighted by Crippen LogP contribution is -2.30. The first-order chi connectivity index (χ1) is 9.95. The average molecular weight is 291 g/mol. The van der Waals surface area contributed by atoms with Crippen LogP contribution in [0.25, 0.3) is 0 Å². The number of amides is 2. The number of hydrogen-bond acceptors (Lipinski definition) is 3. The highest BCUT2D eigenvalue weighted by molar-refractivity contribution is 5.98. The predicted molar refractivity (Wildman–Crippen MR) is 83.3 cm³/mol. The Bertz CT molecular complexity index is 486. The van der Waals surface area contributed by atoms with Gasteiger partial charge in [0.1, 0.15) is 5.69 Å². The van der Waals surface area contributed by atoms with Gasteiger partial charge in [-0.05, 0) is 24.5 Å². The Balaban J connectivity index is 2.75. The molecule has 0 aliphatic heterocycles. The van der Waals surface area contributed by atoms with Crippen molar-refractivity contribution in [2.75, 3.05) is 20.1 Å². The molecule has 5 heteroatoms. The number of nitrogens with one attached hydrogen (secondary N) is 1. The van der Waals surface area contributed by atoms with Crippen LogP contribution in [-0.4, -0.2) is 41.8 Å². The smallest absolute Gasteiger partial charge is 0.269 e. The van der Waals surface area contributed by atoms with Crippen LogP contribution in [0.3, 0.4) is 0 Å². The van der Waals surface area contributed by atoms with Crippen LogP contribution < -0.4 is 5.32 Å². The van der Waals surface area contributed by atoms with Crippen LogP contribution in [0.5, 0.6) is 0 Å². The molecule has 0 saturated heterocycles. The highest BCUT2D eigenvalue weighted by atomic mass is 16.2. The molecule has 1 N–H and O–H groups in total. The molecule has 0 aliphatic carbocycles. The first-order valence-corrected chi connectivity index (χ1v) is 7.45. The van der Waals surface area contributed by atoms with Crippen LogP contribution in [0.4, 0.5) is 0 Å². The molecule has 21 heavy (non-hydrogen) atoms. The molecular formula is C16H25N3O2. The summed E-state index contributed by atoms with van der Waals surface area (Å²) >= 11 is 0. The van der Waals surface area contributed by atoms with Gasteiger partial charge in [0.2, 0.25) is 0 Å². The molecule has 0 fully saturated rings. The summed E-state index contributed by atoms with van der Waals surface area (Å²) in [5.74, 6) is 0.0530. The predicted octanol–water partition coefficient (Wildman–Crippen LogP) is 2.34. The molecule has 116 valence electrons. The highest BCUT2D eigenvalue weighted by Gasteiger charge is 2.14. The fraction of sp³-hybridized carbons (Fsp3) is 0.562. The minimum Gasteiger partial charge on any atom is -0.350 e. The Hall–Kier alpha value is -1.91. The summed E-state index contributed by atoms with van der Waals surface area (Å²) in [6.45, 7) is 7.44. The zero-order valence-electron chi connectivity index (χ0n) is 13.3. The number of hydrogen-bond donors (Lipinski definition) is 1. The van der Waals surface area contributed by atoms with Gasteiger partial charge in [-0.1, -0.05) is 27.2 Å². The first kappa shape index (κ1) is 17.1. The second-order valence-electron chi connectivity index (χ2n) is 5.61. The Kier molecular flexibility index (Phi) is 6.85. The molecule has 0 aliphatic rings. The summed E-state index contributed by atoms with van der Waals surface area (Å²) in [6, 6.07) is 3.20. The molecule has 0 bridgehead atoms. The zero-order chi connectivity index (χ0) is 15.8. The molecule has 0 aromatic carbocycles. The number of pyridine rings is 1. The van der Waals surface area contributed by atoms with Gasteiger partial charge in [0.15, 0.2) is 0 Å². The minimum atomic E-state index is -0.241. The van der Waals surface area contributed by atoms with Gasteiger partial charge in [-0.15, -0.1) is 0 Å². The van der Waals surface area contributed by atoms with E-state index < -0.39 is 0 Å². The molecular weight excluding hydrogens is 266 g/mol. The average Bonchev–Trinajstić information content (AvgIpc) is 2.49. The van der Waals surface area contributed by atoms with E-state index in [0.29, 0.717) is 24.6 Å². The van der Waals surface area contributed by atoms with E-state index >= 15 is 0 Å². The lowest BCUT2D eigenvalue weighted by molar-refractivity contribution is 0.0793. The van der Waals surface area contributed by atoms with E-state index in [1.165, 1.54) is 6.20 Å². The van der Waals surface area contributed by atoms with Crippen molar-refractivity contribution in [3.63, 3.8) is 0 Å². The monoisotopic (exact) mass is 291 g/mol. The van der Waals surface area contributed by atoms with Crippen molar-refractivity contribution in [3.05, 3.63) is 29.6 Å². The Morgan fingerprint density at radius 3 is 2.71 bits per heavy atom. The number of nitrogens with zero attached hydrogens (tertiary/aromatic N) is 2. The van der Waals surface area contributed by atoms with E-state index in [-0.39, 0.29) is 17.5 Å². The van der Waals surface area contributed by atoms with Crippen molar-refractivity contribution in [1.29, 1.82) is 0 Å². The largest absolute Gasteiger partial charge is 0.350 e. The quantitative estimate of drug-likeness (QED) is 0.838. The van der Waals surface area contributed by atoms with E-state index in [9.17, 15) is 9.59 Å². The number of rotatable bonds is 7. The molecule has 1 heterocycles. The molecule has 0 spiro atoms. The summed E-state index contributed by atoms with van der Waals surface area (Å²) in [5, 5.41) is 2.80. The molecule has 0 radical (unpaired) electrons. The summed E-state index contributed by atoms with van der Waals surface area (Å²) in [6.07, 6.45) is 3.51. The van der Waals surface area contributed by atoms with Gasteiger partial charge >= 0.3 is 0 Å². The molecule has 1 aromatic heterocycles. The third-order valence-corrected chi connectivity index (χ3v) is 3.10. The van der Waals surface area contributed by atoms with Crippen LogP contribution >= 0.6 is 0 Å². The fourth-order valence-corrected chi connectivity index (χ4v) is 1.79. The number of aromatic nitrogens is 1. The SMILES string of the molecule is CCCCN(C)C(=O)c1ccnc(C(=O)NCC(C)C)c1. The van der Waals surface area contributed by atoms with Gasteiger partial charge in [-0.3, -0.25) is 14.6 Å². The van der Waals surface area contributed by atoms with Gasteiger partial charge in [0.25, 0.3) is 11.8 Å². The van der Waals surface area contributed by atoms with Crippen LogP contribution in [0.1, 0.15) is 54.5 Å². The third kappa shape index (κ3) is 5.53. The van der Waals surface area contributed by atoms with Crippen LogP contribution in [0.2, 0.25) is 0 Å². The lowest BCUT2D eigenvalue weighted by atomic mass is 10.2. The molecule has 5 nitrogen and oxygen atoms in total. The number of carbonyl (C=O) groups is 2. The fourth-order valence-electron chi connectivity index (χ4n) is 1.79. The van der Waals surface area contributed by atoms with Crippen molar-refractivity contribution in [2.45, 2.75) is 33.6 Å². The summed E-state index contributed by atoms with van der Waals surface area (Å²) in [7, 11) is 1.77. The molecule has 2 amide bonds. The normalized spacial score (nSPS) is 10.5. The molecule has 1 aromatic rings. The number of carbonyl (C=O) groups excluding carboxylic acids is 2. The van der Waals surface area contributed by atoms with E-state index in [2.05, 4.69) is 17.2 Å². The van der Waals surface area contributed by atoms with Gasteiger partial charge in [0.05, 0.1) is 0 Å². The van der Waals surface area contributed by atoms with Crippen molar-refractivity contribution in [2.24, 2.45) is 5.92 Å². The van der Waals surface area contributed by atoms with Crippen molar-refractivity contribution in [1.82, 2.24) is 15.2 Å². The van der Waals surface area contributed by atoms with E-state index in [1.807, 2.05) is 13.8 Å². The maximum atomic E-state index is 12.3. The Morgan fingerprint density at radius 1 is 1.38 bits per heavy atom. The van der Waals surface area contributed by atoms with E-state index in [4.69, 9.17) is 0 Å². The standard InChI is InChI=1S/C16H25N3O2/c1-5-6-9-19(4)16(21)13-7-8-17-14(10-13)15(20)18-11-12(2)3/h7-8,10,12H,5-6,9,11H2,1-4H3,(H,18,20). The second-order valence-corrected chi connectivity index (χ2v) is 5.61. The highest BCUT2D eigenvalue weighted by Crippen LogP contribution is 2.06. The van der Waals surface area contributed by atoms with Crippen molar-refractivity contribution in [3.8, 4) is 0 Å². The maximum absolute atomic E-state index is 12.3. The maximum Gasteiger partial charge on any atom is 0.269 e. The van der Waals surface area contributed by atoms with Gasteiger partial charge < -0.3 is 10.2 Å². The van der Waals surface area contributed by atoms with E-state index in [0.717, 1.165) is 12.8 Å². The van der Waals surface area contributed by atoms with Gasteiger partial charge in [0, 0.05) is 31.9 Å². The zero-order valence-corrected chi connectivity index (χ0v) is 13.3. The summed E-state index contributed by atoms with van der Waals surface area (Å²) in [4.78, 5) is 29.9. The molecule has 1 rings (SSSR count). The van der Waals surface area contributed by atoms with E-state index in [1.54, 1.807) is 24.1 Å². The Labute approximate surface area is 126 Å². The van der Waals surface area contributed by atoms with Crippen molar-refractivity contribution >= 4 is 11.8 Å². The second kappa shape index (κ2) is 8.39. The summed E-state index contributed by atoms with van der Waals surface area (Å²) < 4.78 is 0. The van der Waals surface area contributed by atoms with Crippen LogP contribution in [-0.2, 0) is 0 Å². The molecule has 0 atom stereocenters. The Morgan fingerprint density at radius 2 is 2.10 bits per heavy atom. The topological polar surface area (TPSA) is 62.3 Å². The van der Waals surface area contributed by atoms with Crippen LogP contribution in [0, 0.1) is 5.92 Å². The van der Waals surface area contributed by atoms with Crippen molar-refractivity contribution < 1.29 is 9.59 Å². The van der Waals surface area contributed by atoms with Gasteiger partial charge in [-0.2, -0.15) is 0 Å². The molecule has 0 unspecified atom stereocenters. The third-order valence-electron chi connectivity index (χ3n) is 3.10. The summed E-state index contributed by atoms with van der Waals surface area (Å²) in [5.41, 5.74) is 0.781. The van der Waals surface area contributed by atoms with Gasteiger partial charge in [-0.25, -0.2) is 0 Å². The first-order valence-electron chi connectivity index (χ1n) is 7.45. The number of unbranched alkanes of at least 4 members (excludes halogenated alkanes) is 1. The minimum absolute atomic E-state index is 0.0799. The lowest BCUT2D eigenvalue weighted by Gasteiger charge is -2.17.